The molecule has 19 heavy (non-hydrogen) atoms. The van der Waals surface area contributed by atoms with Crippen LogP contribution in [-0.2, 0) is 23.8 Å². The van der Waals surface area contributed by atoms with Gasteiger partial charge >= 0.3 is 5.97 Å². The van der Waals surface area contributed by atoms with Crippen molar-refractivity contribution in [3.05, 3.63) is 0 Å². The number of aliphatic hydroxyl groups excluding tert-OH is 1. The second-order valence-corrected chi connectivity index (χ2v) is 6.40. The van der Waals surface area contributed by atoms with Crippen LogP contribution in [0.5, 0.6) is 0 Å². The normalized spacial score (nSPS) is 20.2. The molecule has 1 aliphatic heterocycles. The topological polar surface area (TPSA) is 93.1 Å². The van der Waals surface area contributed by atoms with Crippen molar-refractivity contribution in [1.29, 1.82) is 0 Å². The molecule has 1 fully saturated rings. The third kappa shape index (κ3) is 6.86. The van der Waals surface area contributed by atoms with Gasteiger partial charge in [-0.1, -0.05) is 0 Å². The Kier molecular flexibility index (Phi) is 6.18. The third-order valence-corrected chi connectivity index (χ3v) is 3.59. The number of rotatable bonds is 6. The minimum absolute atomic E-state index is 0.0418. The largest absolute Gasteiger partial charge is 0.462 e. The lowest BCUT2D eigenvalue weighted by atomic mass is 9.98. The Labute approximate surface area is 113 Å². The van der Waals surface area contributed by atoms with Gasteiger partial charge in [0.25, 0.3) is 10.1 Å². The molecule has 0 bridgehead atoms. The average molecular weight is 295 g/mol. The van der Waals surface area contributed by atoms with Gasteiger partial charge < -0.3 is 9.84 Å². The molecule has 0 aromatic rings. The molecule has 1 N–H and O–H groups in total. The highest BCUT2D eigenvalue weighted by Crippen LogP contribution is 2.19. The summed E-state index contributed by atoms with van der Waals surface area (Å²) in [6, 6.07) is 0. The predicted octanol–water partition coefficient (Wildman–Crippen LogP) is -0.444. The summed E-state index contributed by atoms with van der Waals surface area (Å²) in [5.41, 5.74) is 0. The zero-order chi connectivity index (χ0) is 14.5. The van der Waals surface area contributed by atoms with E-state index in [-0.39, 0.29) is 19.1 Å². The van der Waals surface area contributed by atoms with Crippen LogP contribution in [0.2, 0.25) is 0 Å². The fraction of sp³-hybridized carbons (Fsp3) is 0.909. The highest BCUT2D eigenvalue weighted by atomic mass is 32.2. The number of aliphatic hydroxyl groups is 1. The molecule has 0 aromatic heterocycles. The first-order chi connectivity index (χ1) is 8.78. The van der Waals surface area contributed by atoms with Gasteiger partial charge in [0.05, 0.1) is 12.9 Å². The first-order valence-corrected chi connectivity index (χ1v) is 7.99. The Morgan fingerprint density at radius 1 is 1.42 bits per heavy atom. The van der Waals surface area contributed by atoms with E-state index in [4.69, 9.17) is 8.92 Å². The maximum atomic E-state index is 10.9. The van der Waals surface area contributed by atoms with E-state index in [1.807, 2.05) is 0 Å². The van der Waals surface area contributed by atoms with E-state index in [0.29, 0.717) is 13.1 Å². The molecular weight excluding hydrogens is 274 g/mol. The van der Waals surface area contributed by atoms with E-state index in [9.17, 15) is 18.3 Å². The van der Waals surface area contributed by atoms with Crippen LogP contribution >= 0.6 is 0 Å². The molecule has 8 heteroatoms. The van der Waals surface area contributed by atoms with Gasteiger partial charge in [0.15, 0.2) is 0 Å². The summed E-state index contributed by atoms with van der Waals surface area (Å²) in [4.78, 5) is 12.4. The molecule has 0 amide bonds. The maximum absolute atomic E-state index is 10.9. The zero-order valence-electron chi connectivity index (χ0n) is 11.2. The summed E-state index contributed by atoms with van der Waals surface area (Å²) >= 11 is 0. The Balaban J connectivity index is 2.26. The third-order valence-electron chi connectivity index (χ3n) is 3.02. The second kappa shape index (κ2) is 7.18. The number of hydrogen-bond donors (Lipinski definition) is 1. The van der Waals surface area contributed by atoms with E-state index >= 15 is 0 Å². The van der Waals surface area contributed by atoms with Gasteiger partial charge in [0.2, 0.25) is 0 Å². The highest BCUT2D eigenvalue weighted by Gasteiger charge is 2.25. The van der Waals surface area contributed by atoms with Crippen molar-refractivity contribution in [2.45, 2.75) is 26.0 Å². The second-order valence-electron chi connectivity index (χ2n) is 4.75. The Morgan fingerprint density at radius 2 is 2.00 bits per heavy atom. The van der Waals surface area contributed by atoms with Crippen LogP contribution in [0.3, 0.4) is 0 Å². The van der Waals surface area contributed by atoms with Gasteiger partial charge in [-0.3, -0.25) is 13.9 Å². The summed E-state index contributed by atoms with van der Waals surface area (Å²) in [5, 5.41) is 9.79. The number of carbonyl (C=O) groups excluding carboxylic acids is 1. The minimum atomic E-state index is -3.39. The van der Waals surface area contributed by atoms with Gasteiger partial charge in [0.1, 0.15) is 12.8 Å². The highest BCUT2D eigenvalue weighted by molar-refractivity contribution is 7.85. The van der Waals surface area contributed by atoms with Crippen molar-refractivity contribution in [1.82, 2.24) is 4.90 Å². The smallest absolute Gasteiger partial charge is 0.302 e. The molecule has 0 spiro atoms. The van der Waals surface area contributed by atoms with E-state index < -0.39 is 22.3 Å². The minimum Gasteiger partial charge on any atom is -0.462 e. The van der Waals surface area contributed by atoms with Crippen LogP contribution in [-0.4, -0.2) is 63.2 Å². The van der Waals surface area contributed by atoms with Gasteiger partial charge in [-0.15, -0.1) is 0 Å². The van der Waals surface area contributed by atoms with Crippen LogP contribution in [0.25, 0.3) is 0 Å². The molecule has 7 nitrogen and oxygen atoms in total. The van der Waals surface area contributed by atoms with Gasteiger partial charge in [-0.2, -0.15) is 8.42 Å². The number of likely N-dealkylation sites (tertiary alicyclic amines) is 1. The predicted molar refractivity (Wildman–Crippen MR) is 67.7 cm³/mol. The molecule has 0 aliphatic carbocycles. The summed E-state index contributed by atoms with van der Waals surface area (Å²) in [7, 11) is -3.39. The molecule has 112 valence electrons. The van der Waals surface area contributed by atoms with Crippen LogP contribution < -0.4 is 0 Å². The van der Waals surface area contributed by atoms with Gasteiger partial charge in [0, 0.05) is 20.0 Å². The van der Waals surface area contributed by atoms with E-state index in [0.717, 1.165) is 19.1 Å². The fourth-order valence-corrected chi connectivity index (χ4v) is 2.37. The first-order valence-electron chi connectivity index (χ1n) is 6.18. The number of carbonyl (C=O) groups is 1. The SMILES string of the molecule is CC(=O)OCC(O)N1CCC(COS(C)(=O)=O)CC1. The van der Waals surface area contributed by atoms with Crippen molar-refractivity contribution in [2.75, 3.05) is 32.6 Å². The molecule has 1 unspecified atom stereocenters. The summed E-state index contributed by atoms with van der Waals surface area (Å²) < 4.78 is 31.3. The number of ether oxygens (including phenoxy) is 1. The molecule has 1 aliphatic rings. The van der Waals surface area contributed by atoms with Crippen LogP contribution in [0.15, 0.2) is 0 Å². The first kappa shape index (κ1) is 16.4. The van der Waals surface area contributed by atoms with Crippen LogP contribution in [0.1, 0.15) is 19.8 Å². The molecule has 1 saturated heterocycles. The Bertz CT molecular complexity index is 388. The number of piperidine rings is 1. The monoisotopic (exact) mass is 295 g/mol. The van der Waals surface area contributed by atoms with E-state index in [2.05, 4.69) is 0 Å². The summed E-state index contributed by atoms with van der Waals surface area (Å²) in [6.45, 7) is 2.69. The molecule has 0 saturated carbocycles. The molecule has 1 heterocycles. The molecule has 1 atom stereocenters. The summed E-state index contributed by atoms with van der Waals surface area (Å²) in [6.07, 6.45) is 1.71. The van der Waals surface area contributed by atoms with Crippen molar-refractivity contribution in [2.24, 2.45) is 5.92 Å². The van der Waals surface area contributed by atoms with Crippen molar-refractivity contribution in [3.63, 3.8) is 0 Å². The number of hydrogen-bond acceptors (Lipinski definition) is 7. The standard InChI is InChI=1S/C11H21NO6S/c1-9(13)17-8-11(14)12-5-3-10(4-6-12)7-18-19(2,15)16/h10-11,14H,3-8H2,1-2H3. The average Bonchev–Trinajstić information content (AvgIpc) is 2.33. The molecule has 0 radical (unpaired) electrons. The molecule has 1 rings (SSSR count). The lowest BCUT2D eigenvalue weighted by Gasteiger charge is -2.34. The Morgan fingerprint density at radius 3 is 2.47 bits per heavy atom. The zero-order valence-corrected chi connectivity index (χ0v) is 12.1. The van der Waals surface area contributed by atoms with Crippen LogP contribution in [0.4, 0.5) is 0 Å². The van der Waals surface area contributed by atoms with Crippen molar-refractivity contribution in [3.8, 4) is 0 Å². The van der Waals surface area contributed by atoms with Crippen molar-refractivity contribution >= 4 is 16.1 Å². The van der Waals surface area contributed by atoms with Gasteiger partial charge in [-0.25, -0.2) is 0 Å². The van der Waals surface area contributed by atoms with E-state index in [1.165, 1.54) is 6.92 Å². The van der Waals surface area contributed by atoms with Gasteiger partial charge in [-0.05, 0) is 18.8 Å². The van der Waals surface area contributed by atoms with E-state index in [1.54, 1.807) is 4.90 Å². The lowest BCUT2D eigenvalue weighted by molar-refractivity contribution is -0.149. The quantitative estimate of drug-likeness (QED) is 0.524. The molecule has 0 aromatic carbocycles. The Hall–Kier alpha value is -0.700. The number of esters is 1. The lowest BCUT2D eigenvalue weighted by Crippen LogP contribution is -2.44. The van der Waals surface area contributed by atoms with Crippen LogP contribution in [0, 0.1) is 5.92 Å². The molecular formula is C11H21NO6S. The van der Waals surface area contributed by atoms with Crippen molar-refractivity contribution < 1.29 is 27.2 Å². The summed E-state index contributed by atoms with van der Waals surface area (Å²) in [5.74, 6) is -0.248. The number of nitrogens with zero attached hydrogens (tertiary/aromatic N) is 1. The maximum Gasteiger partial charge on any atom is 0.302 e. The fourth-order valence-electron chi connectivity index (χ4n) is 1.93.